The predicted molar refractivity (Wildman–Crippen MR) is 114 cm³/mol. The van der Waals surface area contributed by atoms with E-state index in [-0.39, 0.29) is 5.91 Å². The van der Waals surface area contributed by atoms with Crippen molar-refractivity contribution in [2.45, 2.75) is 20.0 Å². The van der Waals surface area contributed by atoms with Gasteiger partial charge in [0.1, 0.15) is 17.3 Å². The van der Waals surface area contributed by atoms with Crippen molar-refractivity contribution < 1.29 is 13.7 Å². The van der Waals surface area contributed by atoms with Crippen molar-refractivity contribution in [1.29, 1.82) is 0 Å². The molecule has 2 aromatic heterocycles. The third-order valence-electron chi connectivity index (χ3n) is 5.14. The lowest BCUT2D eigenvalue weighted by molar-refractivity contribution is -0.122. The van der Waals surface area contributed by atoms with Gasteiger partial charge in [-0.1, -0.05) is 16.8 Å². The number of furan rings is 1. The van der Waals surface area contributed by atoms with Crippen molar-refractivity contribution in [3.8, 4) is 11.3 Å². The first kappa shape index (κ1) is 20.7. The number of hydrogen-bond donors (Lipinski definition) is 1. The van der Waals surface area contributed by atoms with Crippen LogP contribution in [0.5, 0.6) is 0 Å². The number of carbonyl (C=O) groups excluding carboxylic acids is 1. The molecule has 3 heterocycles. The zero-order valence-electron chi connectivity index (χ0n) is 16.9. The van der Waals surface area contributed by atoms with Crippen molar-refractivity contribution >= 4 is 17.5 Å². The molecule has 0 radical (unpaired) electrons. The van der Waals surface area contributed by atoms with E-state index in [0.717, 1.165) is 61.3 Å². The van der Waals surface area contributed by atoms with Gasteiger partial charge in [-0.05, 0) is 43.3 Å². The molecule has 1 aromatic carbocycles. The standard InChI is InChI=1S/C22H25ClN4O3/c1-16-12-19(25-30-16)14-26-8-10-27(11-9-26)15-22(28)24-13-20-6-7-21(29-20)17-2-4-18(23)5-3-17/h2-7,12H,8-11,13-15H2,1H3,(H,24,28). The number of aromatic nitrogens is 1. The van der Waals surface area contributed by atoms with Crippen molar-refractivity contribution in [2.75, 3.05) is 32.7 Å². The fourth-order valence-corrected chi connectivity index (χ4v) is 3.64. The molecule has 0 spiro atoms. The van der Waals surface area contributed by atoms with E-state index in [4.69, 9.17) is 20.5 Å². The van der Waals surface area contributed by atoms with E-state index in [1.165, 1.54) is 0 Å². The molecule has 1 fully saturated rings. The minimum Gasteiger partial charge on any atom is -0.459 e. The number of piperazine rings is 1. The minimum atomic E-state index is 0.0000176. The van der Waals surface area contributed by atoms with Gasteiger partial charge in [0.15, 0.2) is 0 Å². The molecule has 158 valence electrons. The van der Waals surface area contributed by atoms with Gasteiger partial charge in [-0.3, -0.25) is 14.6 Å². The summed E-state index contributed by atoms with van der Waals surface area (Å²) in [5, 5.41) is 7.68. The summed E-state index contributed by atoms with van der Waals surface area (Å²) in [4.78, 5) is 16.8. The molecule has 1 aliphatic rings. The van der Waals surface area contributed by atoms with Crippen LogP contribution in [0.2, 0.25) is 5.02 Å². The zero-order chi connectivity index (χ0) is 20.9. The maximum absolute atomic E-state index is 12.3. The van der Waals surface area contributed by atoms with E-state index < -0.39 is 0 Å². The average Bonchev–Trinajstić information content (AvgIpc) is 3.37. The van der Waals surface area contributed by atoms with Crippen molar-refractivity contribution in [1.82, 2.24) is 20.3 Å². The molecule has 1 amide bonds. The third-order valence-corrected chi connectivity index (χ3v) is 5.40. The lowest BCUT2D eigenvalue weighted by Gasteiger charge is -2.33. The summed E-state index contributed by atoms with van der Waals surface area (Å²) in [5.41, 5.74) is 1.91. The first-order valence-corrected chi connectivity index (χ1v) is 10.4. The van der Waals surface area contributed by atoms with Gasteiger partial charge in [-0.25, -0.2) is 0 Å². The number of carbonyl (C=O) groups is 1. The average molecular weight is 429 g/mol. The van der Waals surface area contributed by atoms with Crippen LogP contribution in [-0.2, 0) is 17.9 Å². The van der Waals surface area contributed by atoms with E-state index in [1.54, 1.807) is 0 Å². The molecule has 8 heteroatoms. The first-order chi connectivity index (χ1) is 14.5. The lowest BCUT2D eigenvalue weighted by atomic mass is 10.2. The van der Waals surface area contributed by atoms with Gasteiger partial charge < -0.3 is 14.3 Å². The molecule has 0 atom stereocenters. The van der Waals surface area contributed by atoms with Crippen LogP contribution in [0.3, 0.4) is 0 Å². The van der Waals surface area contributed by atoms with Crippen LogP contribution in [0, 0.1) is 6.92 Å². The second-order valence-electron chi connectivity index (χ2n) is 7.53. The molecule has 0 bridgehead atoms. The predicted octanol–water partition coefficient (Wildman–Crippen LogP) is 3.33. The van der Waals surface area contributed by atoms with E-state index in [2.05, 4.69) is 20.3 Å². The van der Waals surface area contributed by atoms with E-state index in [1.807, 2.05) is 49.4 Å². The highest BCUT2D eigenvalue weighted by atomic mass is 35.5. The molecule has 1 aliphatic heterocycles. The van der Waals surface area contributed by atoms with Crippen LogP contribution in [0.25, 0.3) is 11.3 Å². The molecule has 4 rings (SSSR count). The second kappa shape index (κ2) is 9.47. The summed E-state index contributed by atoms with van der Waals surface area (Å²) in [5.74, 6) is 2.31. The smallest absolute Gasteiger partial charge is 0.234 e. The highest BCUT2D eigenvalue weighted by molar-refractivity contribution is 6.30. The Bertz CT molecular complexity index is 974. The topological polar surface area (TPSA) is 74.8 Å². The maximum Gasteiger partial charge on any atom is 0.234 e. The van der Waals surface area contributed by atoms with Gasteiger partial charge in [0.05, 0.1) is 18.8 Å². The quantitative estimate of drug-likeness (QED) is 0.622. The molecule has 0 aliphatic carbocycles. The summed E-state index contributed by atoms with van der Waals surface area (Å²) in [6, 6.07) is 13.2. The molecule has 0 unspecified atom stereocenters. The van der Waals surface area contributed by atoms with E-state index in [9.17, 15) is 4.79 Å². The van der Waals surface area contributed by atoms with Crippen LogP contribution in [0.1, 0.15) is 17.2 Å². The van der Waals surface area contributed by atoms with Crippen molar-refractivity contribution in [3.63, 3.8) is 0 Å². The molecule has 1 saturated heterocycles. The van der Waals surface area contributed by atoms with Gasteiger partial charge in [0.25, 0.3) is 0 Å². The highest BCUT2D eigenvalue weighted by Gasteiger charge is 2.20. The summed E-state index contributed by atoms with van der Waals surface area (Å²) in [6.07, 6.45) is 0. The summed E-state index contributed by atoms with van der Waals surface area (Å²) in [6.45, 7) is 6.96. The van der Waals surface area contributed by atoms with Crippen molar-refractivity contribution in [2.24, 2.45) is 0 Å². The van der Waals surface area contributed by atoms with Crippen molar-refractivity contribution in [3.05, 3.63) is 64.7 Å². The van der Waals surface area contributed by atoms with Gasteiger partial charge in [0.2, 0.25) is 5.91 Å². The van der Waals surface area contributed by atoms with Gasteiger partial charge in [-0.2, -0.15) is 0 Å². The number of amides is 1. The Morgan fingerprint density at radius 2 is 1.83 bits per heavy atom. The summed E-state index contributed by atoms with van der Waals surface area (Å²) >= 11 is 5.92. The highest BCUT2D eigenvalue weighted by Crippen LogP contribution is 2.23. The largest absolute Gasteiger partial charge is 0.459 e. The first-order valence-electron chi connectivity index (χ1n) is 10.0. The van der Waals surface area contributed by atoms with E-state index in [0.29, 0.717) is 18.1 Å². The molecule has 30 heavy (non-hydrogen) atoms. The number of aryl methyl sites for hydroxylation is 1. The number of halogens is 1. The van der Waals surface area contributed by atoms with Crippen LogP contribution >= 0.6 is 11.6 Å². The SMILES string of the molecule is Cc1cc(CN2CCN(CC(=O)NCc3ccc(-c4ccc(Cl)cc4)o3)CC2)no1. The van der Waals surface area contributed by atoms with Gasteiger partial charge >= 0.3 is 0 Å². The number of hydrogen-bond acceptors (Lipinski definition) is 6. The molecular weight excluding hydrogens is 404 g/mol. The Labute approximate surface area is 180 Å². The lowest BCUT2D eigenvalue weighted by Crippen LogP contribution is -2.49. The summed E-state index contributed by atoms with van der Waals surface area (Å²) in [7, 11) is 0. The fraction of sp³-hybridized carbons (Fsp3) is 0.364. The maximum atomic E-state index is 12.3. The number of nitrogens with one attached hydrogen (secondary N) is 1. The van der Waals surface area contributed by atoms with Crippen LogP contribution in [0.15, 0.2) is 51.4 Å². The molecule has 0 saturated carbocycles. The monoisotopic (exact) mass is 428 g/mol. The number of rotatable bonds is 7. The van der Waals surface area contributed by atoms with Gasteiger partial charge in [0, 0.05) is 49.4 Å². The normalized spacial score (nSPS) is 15.4. The van der Waals surface area contributed by atoms with Crippen LogP contribution in [0.4, 0.5) is 0 Å². The summed E-state index contributed by atoms with van der Waals surface area (Å²) < 4.78 is 11.0. The number of nitrogens with zero attached hydrogens (tertiary/aromatic N) is 3. The zero-order valence-corrected chi connectivity index (χ0v) is 17.7. The molecule has 7 nitrogen and oxygen atoms in total. The van der Waals surface area contributed by atoms with E-state index >= 15 is 0 Å². The Morgan fingerprint density at radius 3 is 2.53 bits per heavy atom. The van der Waals surface area contributed by atoms with Gasteiger partial charge in [-0.15, -0.1) is 0 Å². The molecule has 3 aromatic rings. The Kier molecular flexibility index (Phi) is 6.52. The third kappa shape index (κ3) is 5.50. The Morgan fingerprint density at radius 1 is 1.10 bits per heavy atom. The van der Waals surface area contributed by atoms with Crippen LogP contribution < -0.4 is 5.32 Å². The molecular formula is C22H25ClN4O3. The molecule has 1 N–H and O–H groups in total. The Hall–Kier alpha value is -2.61. The second-order valence-corrected chi connectivity index (χ2v) is 7.97. The fourth-order valence-electron chi connectivity index (χ4n) is 3.51. The number of benzene rings is 1. The van der Waals surface area contributed by atoms with Crippen LogP contribution in [-0.4, -0.2) is 53.6 Å². The Balaban J connectivity index is 1.19. The minimum absolute atomic E-state index is 0.0000176.